The van der Waals surface area contributed by atoms with E-state index in [0.717, 1.165) is 25.9 Å². The van der Waals surface area contributed by atoms with E-state index in [1.54, 1.807) is 6.92 Å². The van der Waals surface area contributed by atoms with Crippen molar-refractivity contribution >= 4 is 5.91 Å². The highest BCUT2D eigenvalue weighted by atomic mass is 16.5. The fraction of sp³-hybridized carbons (Fsp3) is 0.562. The smallest absolute Gasteiger partial charge is 0.266 e. The summed E-state index contributed by atoms with van der Waals surface area (Å²) in [6.45, 7) is 5.78. The summed E-state index contributed by atoms with van der Waals surface area (Å²) in [5.41, 5.74) is -0.0361. The first kappa shape index (κ1) is 16.4. The van der Waals surface area contributed by atoms with Crippen LogP contribution in [0.2, 0.25) is 0 Å². The van der Waals surface area contributed by atoms with E-state index in [1.165, 1.54) is 17.1 Å². The second-order valence-corrected chi connectivity index (χ2v) is 6.27. The molecule has 0 radical (unpaired) electrons. The average molecular weight is 331 g/mol. The van der Waals surface area contributed by atoms with Crippen molar-refractivity contribution in [3.63, 3.8) is 0 Å². The Kier molecular flexibility index (Phi) is 4.73. The summed E-state index contributed by atoms with van der Waals surface area (Å²) < 4.78 is 6.44. The van der Waals surface area contributed by atoms with Crippen molar-refractivity contribution in [2.45, 2.75) is 39.7 Å². The van der Waals surface area contributed by atoms with E-state index in [2.05, 4.69) is 22.0 Å². The Balaban J connectivity index is 1.67. The highest BCUT2D eigenvalue weighted by Crippen LogP contribution is 2.16. The third-order valence-electron chi connectivity index (χ3n) is 4.36. The molecule has 0 atom stereocenters. The zero-order valence-electron chi connectivity index (χ0n) is 13.9. The highest BCUT2D eigenvalue weighted by molar-refractivity contribution is 5.76. The average Bonchev–Trinajstić information content (AvgIpc) is 3.00. The van der Waals surface area contributed by atoms with Crippen LogP contribution in [0.4, 0.5) is 0 Å². The molecular formula is C16H21N5O3. The topological polar surface area (TPSA) is 94.1 Å². The molecule has 3 heterocycles. The summed E-state index contributed by atoms with van der Waals surface area (Å²) in [5, 5.41) is 3.68. The summed E-state index contributed by atoms with van der Waals surface area (Å²) in [7, 11) is 0. The standard InChI is InChI=1S/C16H21N5O3/c1-11-3-6-20(7-4-11)14(22)5-8-21-10-17-9-13(16(21)23)15-18-12(2)19-24-15/h9-11H,3-8H2,1-2H3. The highest BCUT2D eigenvalue weighted by Gasteiger charge is 2.20. The van der Waals surface area contributed by atoms with Gasteiger partial charge in [0.15, 0.2) is 5.82 Å². The van der Waals surface area contributed by atoms with E-state index in [-0.39, 0.29) is 35.9 Å². The van der Waals surface area contributed by atoms with Crippen LogP contribution >= 0.6 is 0 Å². The van der Waals surface area contributed by atoms with Crippen LogP contribution in [0.15, 0.2) is 21.8 Å². The van der Waals surface area contributed by atoms with E-state index in [0.29, 0.717) is 11.7 Å². The van der Waals surface area contributed by atoms with Gasteiger partial charge in [0.05, 0.1) is 6.33 Å². The number of nitrogens with zero attached hydrogens (tertiary/aromatic N) is 5. The summed E-state index contributed by atoms with van der Waals surface area (Å²) in [6.07, 6.45) is 5.20. The molecule has 24 heavy (non-hydrogen) atoms. The number of hydrogen-bond acceptors (Lipinski definition) is 6. The van der Waals surface area contributed by atoms with Gasteiger partial charge in [-0.2, -0.15) is 4.98 Å². The summed E-state index contributed by atoms with van der Waals surface area (Å²) in [6, 6.07) is 0. The maximum absolute atomic E-state index is 12.5. The molecule has 0 aliphatic carbocycles. The zero-order chi connectivity index (χ0) is 17.1. The van der Waals surface area contributed by atoms with E-state index >= 15 is 0 Å². The second kappa shape index (κ2) is 6.94. The molecule has 1 aliphatic rings. The van der Waals surface area contributed by atoms with Gasteiger partial charge >= 0.3 is 0 Å². The summed E-state index contributed by atoms with van der Waals surface area (Å²) in [4.78, 5) is 34.8. The minimum absolute atomic E-state index is 0.0767. The Bertz CT molecular complexity index is 774. The lowest BCUT2D eigenvalue weighted by Gasteiger charge is -2.30. The van der Waals surface area contributed by atoms with Crippen LogP contribution in [0.25, 0.3) is 11.5 Å². The SMILES string of the molecule is Cc1noc(-c2cncn(CCC(=O)N3CCC(C)CC3)c2=O)n1. The van der Waals surface area contributed by atoms with Gasteiger partial charge in [-0.05, 0) is 25.7 Å². The first-order valence-corrected chi connectivity index (χ1v) is 8.17. The van der Waals surface area contributed by atoms with Gasteiger partial charge in [-0.25, -0.2) is 4.98 Å². The van der Waals surface area contributed by atoms with Crippen molar-refractivity contribution in [1.29, 1.82) is 0 Å². The van der Waals surface area contributed by atoms with E-state index < -0.39 is 0 Å². The lowest BCUT2D eigenvalue weighted by molar-refractivity contribution is -0.132. The predicted molar refractivity (Wildman–Crippen MR) is 86.1 cm³/mol. The number of piperidine rings is 1. The maximum atomic E-state index is 12.5. The van der Waals surface area contributed by atoms with Gasteiger partial charge < -0.3 is 9.42 Å². The Morgan fingerprint density at radius 3 is 2.79 bits per heavy atom. The van der Waals surface area contributed by atoms with Crippen LogP contribution in [0.3, 0.4) is 0 Å². The number of amides is 1. The molecule has 1 aliphatic heterocycles. The predicted octanol–water partition coefficient (Wildman–Crippen LogP) is 1.25. The van der Waals surface area contributed by atoms with Gasteiger partial charge in [-0.1, -0.05) is 12.1 Å². The van der Waals surface area contributed by atoms with Crippen LogP contribution in [0.1, 0.15) is 32.0 Å². The lowest BCUT2D eigenvalue weighted by atomic mass is 9.99. The Morgan fingerprint density at radius 2 is 2.12 bits per heavy atom. The van der Waals surface area contributed by atoms with Gasteiger partial charge in [0, 0.05) is 32.3 Å². The largest absolute Gasteiger partial charge is 0.343 e. The molecule has 1 saturated heterocycles. The van der Waals surface area contributed by atoms with E-state index in [9.17, 15) is 9.59 Å². The molecule has 0 unspecified atom stereocenters. The number of likely N-dealkylation sites (tertiary alicyclic amines) is 1. The number of hydrogen-bond donors (Lipinski definition) is 0. The van der Waals surface area contributed by atoms with Crippen LogP contribution in [0, 0.1) is 12.8 Å². The molecule has 2 aromatic rings. The number of aryl methyl sites for hydroxylation is 2. The van der Waals surface area contributed by atoms with E-state index in [1.807, 2.05) is 4.90 Å². The quantitative estimate of drug-likeness (QED) is 0.837. The monoisotopic (exact) mass is 331 g/mol. The Labute approximate surface area is 139 Å². The second-order valence-electron chi connectivity index (χ2n) is 6.27. The van der Waals surface area contributed by atoms with E-state index in [4.69, 9.17) is 4.52 Å². The molecule has 1 amide bonds. The number of carbonyl (C=O) groups excluding carboxylic acids is 1. The molecule has 8 heteroatoms. The van der Waals surface area contributed by atoms with Gasteiger partial charge in [-0.15, -0.1) is 0 Å². The van der Waals surface area contributed by atoms with Crippen LogP contribution < -0.4 is 5.56 Å². The fourth-order valence-corrected chi connectivity index (χ4v) is 2.80. The maximum Gasteiger partial charge on any atom is 0.266 e. The van der Waals surface area contributed by atoms with Crippen molar-refractivity contribution < 1.29 is 9.32 Å². The molecular weight excluding hydrogens is 310 g/mol. The molecule has 0 aromatic carbocycles. The lowest BCUT2D eigenvalue weighted by Crippen LogP contribution is -2.38. The fourth-order valence-electron chi connectivity index (χ4n) is 2.80. The normalized spacial score (nSPS) is 15.7. The summed E-state index contributed by atoms with van der Waals surface area (Å²) in [5.74, 6) is 1.35. The molecule has 1 fully saturated rings. The van der Waals surface area contributed by atoms with Crippen molar-refractivity contribution in [3.05, 3.63) is 28.7 Å². The van der Waals surface area contributed by atoms with Crippen molar-refractivity contribution in [2.75, 3.05) is 13.1 Å². The molecule has 0 spiro atoms. The molecule has 0 saturated carbocycles. The zero-order valence-corrected chi connectivity index (χ0v) is 13.9. The Morgan fingerprint density at radius 1 is 1.38 bits per heavy atom. The molecule has 128 valence electrons. The van der Waals surface area contributed by atoms with Crippen LogP contribution in [-0.2, 0) is 11.3 Å². The van der Waals surface area contributed by atoms with Crippen molar-refractivity contribution in [2.24, 2.45) is 5.92 Å². The first-order valence-electron chi connectivity index (χ1n) is 8.17. The minimum atomic E-state index is -0.284. The van der Waals surface area contributed by atoms with Crippen molar-refractivity contribution in [1.82, 2.24) is 24.6 Å². The van der Waals surface area contributed by atoms with Gasteiger partial charge in [0.2, 0.25) is 5.91 Å². The van der Waals surface area contributed by atoms with Gasteiger partial charge in [-0.3, -0.25) is 14.2 Å². The van der Waals surface area contributed by atoms with Crippen LogP contribution in [-0.4, -0.2) is 43.6 Å². The third kappa shape index (κ3) is 3.52. The molecule has 0 N–H and O–H groups in total. The first-order chi connectivity index (χ1) is 11.5. The minimum Gasteiger partial charge on any atom is -0.343 e. The van der Waals surface area contributed by atoms with Gasteiger partial charge in [0.25, 0.3) is 11.4 Å². The van der Waals surface area contributed by atoms with Crippen molar-refractivity contribution in [3.8, 4) is 11.5 Å². The molecule has 3 rings (SSSR count). The Hall–Kier alpha value is -2.51. The number of carbonyl (C=O) groups is 1. The van der Waals surface area contributed by atoms with Gasteiger partial charge in [0.1, 0.15) is 5.56 Å². The molecule has 2 aromatic heterocycles. The molecule has 8 nitrogen and oxygen atoms in total. The molecule has 0 bridgehead atoms. The summed E-state index contributed by atoms with van der Waals surface area (Å²) >= 11 is 0. The number of rotatable bonds is 4. The third-order valence-corrected chi connectivity index (χ3v) is 4.36. The number of aromatic nitrogens is 4. The van der Waals surface area contributed by atoms with Crippen LogP contribution in [0.5, 0.6) is 0 Å².